The summed E-state index contributed by atoms with van der Waals surface area (Å²) in [6.07, 6.45) is 7.72. The van der Waals surface area contributed by atoms with Crippen LogP contribution >= 0.6 is 11.6 Å². The van der Waals surface area contributed by atoms with Crippen LogP contribution in [0.3, 0.4) is 0 Å². The third-order valence-corrected chi connectivity index (χ3v) is 6.73. The van der Waals surface area contributed by atoms with Crippen LogP contribution in [0, 0.1) is 0 Å². The summed E-state index contributed by atoms with van der Waals surface area (Å²) in [7, 11) is 0. The maximum Gasteiger partial charge on any atom is 0.147 e. The van der Waals surface area contributed by atoms with E-state index in [2.05, 4.69) is 36.9 Å². The molecule has 0 unspecified atom stereocenters. The molecule has 1 aliphatic rings. The standard InChI is InChI=1S/C28H32ClN5O2/c1-3-35-25-15-20(16-26(36-4-2)27(25)34-11-5-6-12-34)18-33-13-9-22(10-14-33)32-28-23-8-7-21(29)17-24(23)30-19-31-28/h5-8,11-12,15-17,19,22H,3-4,9-10,13-14,18H2,1-2H3,(H,30,31,32). The van der Waals surface area contributed by atoms with E-state index < -0.39 is 0 Å². The number of benzene rings is 2. The quantitative estimate of drug-likeness (QED) is 0.303. The maximum absolute atomic E-state index is 6.13. The number of aromatic nitrogens is 3. The number of likely N-dealkylation sites (tertiary alicyclic amines) is 1. The smallest absolute Gasteiger partial charge is 0.147 e. The second-order valence-electron chi connectivity index (χ2n) is 8.98. The van der Waals surface area contributed by atoms with Crippen LogP contribution in [0.25, 0.3) is 16.6 Å². The summed E-state index contributed by atoms with van der Waals surface area (Å²) in [5.41, 5.74) is 3.01. The summed E-state index contributed by atoms with van der Waals surface area (Å²) < 4.78 is 14.2. The number of hydrogen-bond acceptors (Lipinski definition) is 6. The van der Waals surface area contributed by atoms with E-state index in [0.717, 1.165) is 66.4 Å². The molecular weight excluding hydrogens is 474 g/mol. The molecule has 36 heavy (non-hydrogen) atoms. The molecule has 0 amide bonds. The largest absolute Gasteiger partial charge is 0.492 e. The molecule has 0 spiro atoms. The Morgan fingerprint density at radius 3 is 2.33 bits per heavy atom. The van der Waals surface area contributed by atoms with Gasteiger partial charge < -0.3 is 19.4 Å². The van der Waals surface area contributed by atoms with Crippen molar-refractivity contribution in [1.82, 2.24) is 19.4 Å². The van der Waals surface area contributed by atoms with E-state index in [9.17, 15) is 0 Å². The van der Waals surface area contributed by atoms with Crippen molar-refractivity contribution in [3.63, 3.8) is 0 Å². The van der Waals surface area contributed by atoms with Crippen LogP contribution in [0.2, 0.25) is 5.02 Å². The first-order valence-electron chi connectivity index (χ1n) is 12.6. The van der Waals surface area contributed by atoms with Crippen LogP contribution < -0.4 is 14.8 Å². The van der Waals surface area contributed by atoms with Gasteiger partial charge in [-0.15, -0.1) is 0 Å². The second kappa shape index (κ2) is 11.2. The molecule has 0 radical (unpaired) electrons. The Hall–Kier alpha value is -3.29. The van der Waals surface area contributed by atoms with Crippen molar-refractivity contribution >= 4 is 28.3 Å². The molecule has 8 heteroatoms. The van der Waals surface area contributed by atoms with Crippen LogP contribution in [0.1, 0.15) is 32.3 Å². The van der Waals surface area contributed by atoms with Crippen LogP contribution in [0.4, 0.5) is 5.82 Å². The Balaban J connectivity index is 1.27. The predicted molar refractivity (Wildman–Crippen MR) is 145 cm³/mol. The van der Waals surface area contributed by atoms with Crippen molar-refractivity contribution in [1.29, 1.82) is 0 Å². The highest BCUT2D eigenvalue weighted by atomic mass is 35.5. The molecule has 2 aromatic heterocycles. The zero-order valence-electron chi connectivity index (χ0n) is 20.8. The average molecular weight is 506 g/mol. The first-order chi connectivity index (χ1) is 17.6. The van der Waals surface area contributed by atoms with Crippen molar-refractivity contribution in [2.75, 3.05) is 31.6 Å². The van der Waals surface area contributed by atoms with E-state index >= 15 is 0 Å². The van der Waals surface area contributed by atoms with Crippen molar-refractivity contribution in [2.24, 2.45) is 0 Å². The molecule has 2 aromatic carbocycles. The van der Waals surface area contributed by atoms with Gasteiger partial charge in [0.05, 0.1) is 18.7 Å². The first kappa shape index (κ1) is 24.4. The molecule has 1 aliphatic heterocycles. The summed E-state index contributed by atoms with van der Waals surface area (Å²) in [5, 5.41) is 5.32. The SMILES string of the molecule is CCOc1cc(CN2CCC(Nc3ncnc4cc(Cl)ccc34)CC2)cc(OCC)c1-n1cccc1. The normalized spacial score (nSPS) is 14.8. The lowest BCUT2D eigenvalue weighted by Crippen LogP contribution is -2.38. The van der Waals surface area contributed by atoms with Gasteiger partial charge in [0, 0.05) is 48.5 Å². The third-order valence-electron chi connectivity index (χ3n) is 6.50. The molecule has 0 aliphatic carbocycles. The Labute approximate surface area is 217 Å². The van der Waals surface area contributed by atoms with E-state index in [4.69, 9.17) is 21.1 Å². The topological polar surface area (TPSA) is 64.4 Å². The molecule has 1 N–H and O–H groups in total. The zero-order chi connectivity index (χ0) is 24.9. The molecule has 4 aromatic rings. The highest BCUT2D eigenvalue weighted by Crippen LogP contribution is 2.35. The Bertz CT molecular complexity index is 1280. The fraction of sp³-hybridized carbons (Fsp3) is 0.357. The molecule has 3 heterocycles. The van der Waals surface area contributed by atoms with Crippen molar-refractivity contribution < 1.29 is 9.47 Å². The number of anilines is 1. The molecule has 0 bridgehead atoms. The zero-order valence-corrected chi connectivity index (χ0v) is 21.5. The number of fused-ring (bicyclic) bond motifs is 1. The summed E-state index contributed by atoms with van der Waals surface area (Å²) in [5.74, 6) is 2.57. The molecular formula is C28H32ClN5O2. The van der Waals surface area contributed by atoms with E-state index in [-0.39, 0.29) is 0 Å². The van der Waals surface area contributed by atoms with E-state index in [1.54, 1.807) is 6.33 Å². The Morgan fingerprint density at radius 1 is 0.972 bits per heavy atom. The van der Waals surface area contributed by atoms with Gasteiger partial charge in [-0.1, -0.05) is 11.6 Å². The summed E-state index contributed by atoms with van der Waals surface area (Å²) >= 11 is 6.13. The number of rotatable bonds is 9. The van der Waals surface area contributed by atoms with Crippen LogP contribution in [-0.2, 0) is 6.54 Å². The van der Waals surface area contributed by atoms with E-state index in [1.807, 2.05) is 56.6 Å². The number of halogens is 1. The number of nitrogens with zero attached hydrogens (tertiary/aromatic N) is 4. The van der Waals surface area contributed by atoms with E-state index in [0.29, 0.717) is 24.3 Å². The van der Waals surface area contributed by atoms with Crippen LogP contribution in [-0.4, -0.2) is 51.8 Å². The van der Waals surface area contributed by atoms with Gasteiger partial charge in [0.1, 0.15) is 29.3 Å². The highest BCUT2D eigenvalue weighted by Gasteiger charge is 2.22. The van der Waals surface area contributed by atoms with Gasteiger partial charge in [-0.25, -0.2) is 9.97 Å². The lowest BCUT2D eigenvalue weighted by atomic mass is 10.0. The number of ether oxygens (including phenoxy) is 2. The van der Waals surface area contributed by atoms with Gasteiger partial charge in [-0.05, 0) is 74.7 Å². The summed E-state index contributed by atoms with van der Waals surface area (Å²) in [6.45, 7) is 8.08. The second-order valence-corrected chi connectivity index (χ2v) is 9.41. The molecule has 0 saturated carbocycles. The minimum Gasteiger partial charge on any atom is -0.492 e. The monoisotopic (exact) mass is 505 g/mol. The van der Waals surface area contributed by atoms with Crippen molar-refractivity contribution in [3.8, 4) is 17.2 Å². The van der Waals surface area contributed by atoms with Gasteiger partial charge in [-0.3, -0.25) is 4.90 Å². The predicted octanol–water partition coefficient (Wildman–Crippen LogP) is 5.95. The Morgan fingerprint density at radius 2 is 1.67 bits per heavy atom. The minimum atomic E-state index is 0.365. The Kier molecular flexibility index (Phi) is 7.58. The maximum atomic E-state index is 6.13. The van der Waals surface area contributed by atoms with Crippen molar-refractivity contribution in [3.05, 3.63) is 71.8 Å². The highest BCUT2D eigenvalue weighted by molar-refractivity contribution is 6.31. The molecule has 7 nitrogen and oxygen atoms in total. The fourth-order valence-electron chi connectivity index (χ4n) is 4.83. The van der Waals surface area contributed by atoms with Crippen LogP contribution in [0.5, 0.6) is 11.5 Å². The van der Waals surface area contributed by atoms with Gasteiger partial charge in [0.15, 0.2) is 0 Å². The number of piperidine rings is 1. The van der Waals surface area contributed by atoms with Gasteiger partial charge in [-0.2, -0.15) is 0 Å². The van der Waals surface area contributed by atoms with Gasteiger partial charge >= 0.3 is 0 Å². The van der Waals surface area contributed by atoms with E-state index in [1.165, 1.54) is 5.56 Å². The van der Waals surface area contributed by atoms with Crippen molar-refractivity contribution in [2.45, 2.75) is 39.3 Å². The lowest BCUT2D eigenvalue weighted by Gasteiger charge is -2.33. The number of hydrogen-bond donors (Lipinski definition) is 1. The third kappa shape index (κ3) is 5.42. The van der Waals surface area contributed by atoms with Crippen LogP contribution in [0.15, 0.2) is 61.2 Å². The molecule has 5 rings (SSSR count). The van der Waals surface area contributed by atoms with Gasteiger partial charge in [0.25, 0.3) is 0 Å². The molecule has 1 fully saturated rings. The first-order valence-corrected chi connectivity index (χ1v) is 13.0. The summed E-state index contributed by atoms with van der Waals surface area (Å²) in [4.78, 5) is 11.3. The minimum absolute atomic E-state index is 0.365. The molecule has 1 saturated heterocycles. The average Bonchev–Trinajstić information content (AvgIpc) is 3.40. The summed E-state index contributed by atoms with van der Waals surface area (Å²) in [6, 6.07) is 14.4. The molecule has 0 atom stereocenters. The van der Waals surface area contributed by atoms with Gasteiger partial charge in [0.2, 0.25) is 0 Å². The fourth-order valence-corrected chi connectivity index (χ4v) is 5.00. The lowest BCUT2D eigenvalue weighted by molar-refractivity contribution is 0.210. The molecule has 188 valence electrons. The number of nitrogens with one attached hydrogen (secondary N) is 1.